The molecule has 0 saturated heterocycles. The van der Waals surface area contributed by atoms with Crippen LogP contribution in [0.5, 0.6) is 0 Å². The summed E-state index contributed by atoms with van der Waals surface area (Å²) in [6, 6.07) is 8.01. The van der Waals surface area contributed by atoms with Gasteiger partial charge in [0.25, 0.3) is 0 Å². The fraction of sp³-hybridized carbons (Fsp3) is 0.462. The maximum Gasteiger partial charge on any atom is 0.240 e. The molecule has 0 atom stereocenters. The highest BCUT2D eigenvalue weighted by Gasteiger charge is 2.19. The molecule has 0 heterocycles. The Morgan fingerprint density at radius 3 is 2.78 bits per heavy atom. The molecule has 0 spiro atoms. The van der Waals surface area contributed by atoms with Crippen LogP contribution < -0.4 is 4.72 Å². The summed E-state index contributed by atoms with van der Waals surface area (Å²) in [5, 5.41) is 8.75. The lowest BCUT2D eigenvalue weighted by Crippen LogP contribution is -2.27. The van der Waals surface area contributed by atoms with E-state index >= 15 is 0 Å². The molecule has 96 valence electrons. The minimum Gasteiger partial charge on any atom is -0.211 e. The van der Waals surface area contributed by atoms with Gasteiger partial charge in [0.2, 0.25) is 10.0 Å². The van der Waals surface area contributed by atoms with Crippen LogP contribution in [-0.2, 0) is 10.0 Å². The molecule has 0 amide bonds. The van der Waals surface area contributed by atoms with Gasteiger partial charge in [0, 0.05) is 6.54 Å². The number of nitrogens with zero attached hydrogens (tertiary/aromatic N) is 1. The second-order valence-corrected chi connectivity index (χ2v) is 6.39. The van der Waals surface area contributed by atoms with Crippen LogP contribution in [-0.4, -0.2) is 15.0 Å². The van der Waals surface area contributed by atoms with Crippen LogP contribution in [0.15, 0.2) is 29.2 Å². The van der Waals surface area contributed by atoms with Crippen molar-refractivity contribution in [2.75, 3.05) is 6.54 Å². The van der Waals surface area contributed by atoms with Gasteiger partial charge in [-0.25, -0.2) is 13.1 Å². The molecule has 1 aliphatic rings. The number of sulfonamides is 1. The van der Waals surface area contributed by atoms with Crippen molar-refractivity contribution in [3.63, 3.8) is 0 Å². The Bertz CT molecular complexity index is 557. The normalized spacial score (nSPS) is 15.9. The second-order valence-electron chi connectivity index (χ2n) is 4.62. The fourth-order valence-electron chi connectivity index (χ4n) is 2.00. The van der Waals surface area contributed by atoms with E-state index in [1.807, 2.05) is 6.07 Å². The van der Waals surface area contributed by atoms with Gasteiger partial charge in [0.15, 0.2) is 0 Å². The van der Waals surface area contributed by atoms with Crippen molar-refractivity contribution >= 4 is 10.0 Å². The van der Waals surface area contributed by atoms with Crippen LogP contribution in [0.2, 0.25) is 0 Å². The first-order valence-corrected chi connectivity index (χ1v) is 7.60. The Balaban J connectivity index is 1.98. The highest BCUT2D eigenvalue weighted by molar-refractivity contribution is 7.89. The molecule has 0 bridgehead atoms. The Kier molecular flexibility index (Phi) is 4.00. The summed E-state index contributed by atoms with van der Waals surface area (Å²) in [6.07, 6.45) is 4.59. The summed E-state index contributed by atoms with van der Waals surface area (Å²) in [4.78, 5) is 0.162. The standard InChI is InChI=1S/C13H16N2O2S/c14-10-12-5-2-6-13(9-12)18(16,17)15-8-7-11-3-1-4-11/h2,5-6,9,11,15H,1,3-4,7-8H2. The number of rotatable bonds is 5. The summed E-state index contributed by atoms with van der Waals surface area (Å²) in [7, 11) is -3.47. The fourth-order valence-corrected chi connectivity index (χ4v) is 3.09. The van der Waals surface area contributed by atoms with E-state index in [1.165, 1.54) is 31.4 Å². The van der Waals surface area contributed by atoms with Gasteiger partial charge in [-0.15, -0.1) is 0 Å². The topological polar surface area (TPSA) is 70.0 Å². The first-order valence-electron chi connectivity index (χ1n) is 6.11. The Hall–Kier alpha value is -1.38. The Labute approximate surface area is 108 Å². The molecular weight excluding hydrogens is 248 g/mol. The van der Waals surface area contributed by atoms with E-state index in [0.717, 1.165) is 6.42 Å². The number of nitriles is 1. The van der Waals surface area contributed by atoms with Gasteiger partial charge in [-0.05, 0) is 30.5 Å². The van der Waals surface area contributed by atoms with E-state index in [4.69, 9.17) is 5.26 Å². The van der Waals surface area contributed by atoms with Crippen LogP contribution in [0.3, 0.4) is 0 Å². The van der Waals surface area contributed by atoms with Crippen LogP contribution in [0, 0.1) is 17.2 Å². The average molecular weight is 264 g/mol. The third kappa shape index (κ3) is 3.09. The number of hydrogen-bond donors (Lipinski definition) is 1. The van der Waals surface area contributed by atoms with Crippen molar-refractivity contribution in [1.29, 1.82) is 5.26 Å². The Morgan fingerprint density at radius 1 is 1.39 bits per heavy atom. The van der Waals surface area contributed by atoms with E-state index in [-0.39, 0.29) is 4.90 Å². The maximum absolute atomic E-state index is 12.0. The molecule has 0 aliphatic heterocycles. The number of hydrogen-bond acceptors (Lipinski definition) is 3. The van der Waals surface area contributed by atoms with Crippen LogP contribution in [0.1, 0.15) is 31.2 Å². The molecule has 0 aromatic heterocycles. The van der Waals surface area contributed by atoms with Gasteiger partial charge < -0.3 is 0 Å². The smallest absolute Gasteiger partial charge is 0.211 e. The van der Waals surface area contributed by atoms with Crippen molar-refractivity contribution in [3.05, 3.63) is 29.8 Å². The lowest BCUT2D eigenvalue weighted by Gasteiger charge is -2.25. The summed E-state index contributed by atoms with van der Waals surface area (Å²) >= 11 is 0. The minimum atomic E-state index is -3.47. The van der Waals surface area contributed by atoms with Crippen molar-refractivity contribution in [3.8, 4) is 6.07 Å². The largest absolute Gasteiger partial charge is 0.240 e. The molecule has 1 aromatic rings. The third-order valence-electron chi connectivity index (χ3n) is 3.34. The quantitative estimate of drug-likeness (QED) is 0.884. The molecule has 1 fully saturated rings. The van der Waals surface area contributed by atoms with Crippen molar-refractivity contribution in [1.82, 2.24) is 4.72 Å². The second kappa shape index (κ2) is 5.51. The van der Waals surface area contributed by atoms with Crippen LogP contribution >= 0.6 is 0 Å². The van der Waals surface area contributed by atoms with Crippen molar-refractivity contribution in [2.45, 2.75) is 30.6 Å². The molecule has 0 unspecified atom stereocenters. The van der Waals surface area contributed by atoms with Gasteiger partial charge in [0.1, 0.15) is 0 Å². The maximum atomic E-state index is 12.0. The molecule has 5 heteroatoms. The lowest BCUT2D eigenvalue weighted by molar-refractivity contribution is 0.297. The molecule has 1 saturated carbocycles. The van der Waals surface area contributed by atoms with Gasteiger partial charge in [-0.2, -0.15) is 5.26 Å². The average Bonchev–Trinajstić information content (AvgIpc) is 2.32. The molecule has 1 aliphatic carbocycles. The van der Waals surface area contributed by atoms with Crippen molar-refractivity contribution in [2.24, 2.45) is 5.92 Å². The molecule has 1 N–H and O–H groups in total. The molecule has 18 heavy (non-hydrogen) atoms. The third-order valence-corrected chi connectivity index (χ3v) is 4.80. The van der Waals surface area contributed by atoms with Crippen LogP contribution in [0.25, 0.3) is 0 Å². The zero-order valence-electron chi connectivity index (χ0n) is 10.1. The van der Waals surface area contributed by atoms with Gasteiger partial charge in [-0.3, -0.25) is 0 Å². The summed E-state index contributed by atoms with van der Waals surface area (Å²) in [6.45, 7) is 0.476. The molecule has 1 aromatic carbocycles. The monoisotopic (exact) mass is 264 g/mol. The van der Waals surface area contributed by atoms with E-state index in [2.05, 4.69) is 4.72 Å². The summed E-state index contributed by atoms with van der Waals surface area (Å²) < 4.78 is 26.5. The summed E-state index contributed by atoms with van der Waals surface area (Å²) in [5.74, 6) is 0.679. The van der Waals surface area contributed by atoms with E-state index in [9.17, 15) is 8.42 Å². The zero-order valence-corrected chi connectivity index (χ0v) is 10.9. The predicted molar refractivity (Wildman–Crippen MR) is 68.3 cm³/mol. The minimum absolute atomic E-state index is 0.162. The van der Waals surface area contributed by atoms with E-state index < -0.39 is 10.0 Å². The van der Waals surface area contributed by atoms with Crippen LogP contribution in [0.4, 0.5) is 0 Å². The highest BCUT2D eigenvalue weighted by Crippen LogP contribution is 2.28. The van der Waals surface area contributed by atoms with Crippen molar-refractivity contribution < 1.29 is 8.42 Å². The van der Waals surface area contributed by atoms with Gasteiger partial charge >= 0.3 is 0 Å². The van der Waals surface area contributed by atoms with Gasteiger partial charge in [0.05, 0.1) is 16.5 Å². The molecule has 4 nitrogen and oxygen atoms in total. The Morgan fingerprint density at radius 2 is 2.17 bits per heavy atom. The van der Waals surface area contributed by atoms with Gasteiger partial charge in [-0.1, -0.05) is 25.3 Å². The van der Waals surface area contributed by atoms with E-state index in [1.54, 1.807) is 12.1 Å². The van der Waals surface area contributed by atoms with E-state index in [0.29, 0.717) is 18.0 Å². The SMILES string of the molecule is N#Cc1cccc(S(=O)(=O)NCCC2CCC2)c1. The lowest BCUT2D eigenvalue weighted by atomic mass is 9.83. The summed E-state index contributed by atoms with van der Waals surface area (Å²) in [5.41, 5.74) is 0.358. The molecule has 2 rings (SSSR count). The zero-order chi connectivity index (χ0) is 13.0. The predicted octanol–water partition coefficient (Wildman–Crippen LogP) is 2.03. The highest BCUT2D eigenvalue weighted by atomic mass is 32.2. The number of benzene rings is 1. The first kappa shape index (κ1) is 13.1. The number of nitrogens with one attached hydrogen (secondary N) is 1. The molecule has 0 radical (unpaired) electrons. The first-order chi connectivity index (χ1) is 8.62. The molecular formula is C13H16N2O2S.